The fourth-order valence-electron chi connectivity index (χ4n) is 2.00. The van der Waals surface area contributed by atoms with Crippen molar-refractivity contribution in [3.63, 3.8) is 0 Å². The van der Waals surface area contributed by atoms with E-state index in [1.54, 1.807) is 12.1 Å². The lowest BCUT2D eigenvalue weighted by atomic mass is 10.2. The van der Waals surface area contributed by atoms with Crippen LogP contribution in [-0.2, 0) is 0 Å². The molecule has 1 aliphatic heterocycles. The zero-order chi connectivity index (χ0) is 13.7. The summed E-state index contributed by atoms with van der Waals surface area (Å²) in [6.07, 6.45) is 0.421. The molecule has 2 N–H and O–H groups in total. The average molecular weight is 255 g/mol. The number of rotatable bonds is 3. The molecule has 1 fully saturated rings. The molecule has 0 aromatic heterocycles. The van der Waals surface area contributed by atoms with Crippen molar-refractivity contribution in [1.82, 2.24) is 0 Å². The quantitative estimate of drug-likeness (QED) is 0.622. The molecule has 1 aliphatic rings. The maximum Gasteiger partial charge on any atom is 0.237 e. The molecule has 0 amide bonds. The molecule has 0 radical (unpaired) electrons. The minimum atomic E-state index is -0.315. The van der Waals surface area contributed by atoms with E-state index in [0.717, 1.165) is 18.7 Å². The molecule has 1 atom stereocenters. The minimum absolute atomic E-state index is 0.226. The third kappa shape index (κ3) is 3.01. The van der Waals surface area contributed by atoms with Gasteiger partial charge in [0.25, 0.3) is 0 Å². The molecule has 0 spiro atoms. The van der Waals surface area contributed by atoms with Crippen LogP contribution in [0.15, 0.2) is 29.4 Å². The van der Waals surface area contributed by atoms with Crippen LogP contribution in [0.3, 0.4) is 0 Å². The van der Waals surface area contributed by atoms with Crippen LogP contribution in [-0.4, -0.2) is 30.0 Å². The number of para-hydroxylation sites is 2. The summed E-state index contributed by atoms with van der Waals surface area (Å²) in [6.45, 7) is 1.35. The van der Waals surface area contributed by atoms with Crippen molar-refractivity contribution >= 4 is 17.1 Å². The summed E-state index contributed by atoms with van der Waals surface area (Å²) in [6, 6.07) is 10.8. The number of hydrogen-bond donors (Lipinski definition) is 2. The van der Waals surface area contributed by atoms with Crippen LogP contribution >= 0.6 is 0 Å². The van der Waals surface area contributed by atoms with Crippen molar-refractivity contribution in [1.29, 1.82) is 10.5 Å². The van der Waals surface area contributed by atoms with E-state index in [4.69, 9.17) is 10.5 Å². The van der Waals surface area contributed by atoms with Crippen LogP contribution in [0.25, 0.3) is 0 Å². The molecule has 1 heterocycles. The predicted octanol–water partition coefficient (Wildman–Crippen LogP) is 1.07. The fraction of sp³-hybridized carbons (Fsp3) is 0.308. The zero-order valence-corrected chi connectivity index (χ0v) is 10.2. The van der Waals surface area contributed by atoms with Crippen molar-refractivity contribution < 1.29 is 5.11 Å². The van der Waals surface area contributed by atoms with Gasteiger partial charge in [-0.1, -0.05) is 12.1 Å². The first-order chi connectivity index (χ1) is 9.24. The SMILES string of the molecule is N#CC(C#N)=NNc1ccccc1N1CCC(O)C1. The van der Waals surface area contributed by atoms with Gasteiger partial charge in [0.15, 0.2) is 0 Å². The molecule has 19 heavy (non-hydrogen) atoms. The molecular weight excluding hydrogens is 242 g/mol. The van der Waals surface area contributed by atoms with Crippen molar-refractivity contribution in [2.45, 2.75) is 12.5 Å². The van der Waals surface area contributed by atoms with E-state index in [2.05, 4.69) is 10.5 Å². The third-order valence-corrected chi connectivity index (χ3v) is 2.91. The van der Waals surface area contributed by atoms with Gasteiger partial charge in [-0.05, 0) is 18.6 Å². The first-order valence-electron chi connectivity index (χ1n) is 5.90. The smallest absolute Gasteiger partial charge is 0.237 e. The number of benzene rings is 1. The Hall–Kier alpha value is -2.57. The van der Waals surface area contributed by atoms with E-state index in [-0.39, 0.29) is 11.8 Å². The number of nitrogens with one attached hydrogen (secondary N) is 1. The zero-order valence-electron chi connectivity index (χ0n) is 10.2. The second-order valence-corrected chi connectivity index (χ2v) is 4.20. The highest BCUT2D eigenvalue weighted by Crippen LogP contribution is 2.28. The fourth-order valence-corrected chi connectivity index (χ4v) is 2.00. The maximum absolute atomic E-state index is 9.57. The normalized spacial score (nSPS) is 17.4. The first-order valence-corrected chi connectivity index (χ1v) is 5.90. The highest BCUT2D eigenvalue weighted by Gasteiger charge is 2.22. The van der Waals surface area contributed by atoms with Crippen LogP contribution in [0.1, 0.15) is 6.42 Å². The summed E-state index contributed by atoms with van der Waals surface area (Å²) in [7, 11) is 0. The topological polar surface area (TPSA) is 95.4 Å². The molecule has 0 bridgehead atoms. The number of hydrogen-bond acceptors (Lipinski definition) is 6. The third-order valence-electron chi connectivity index (χ3n) is 2.91. The van der Waals surface area contributed by atoms with E-state index >= 15 is 0 Å². The van der Waals surface area contributed by atoms with Gasteiger partial charge in [0.1, 0.15) is 12.1 Å². The van der Waals surface area contributed by atoms with Gasteiger partial charge in [-0.2, -0.15) is 15.6 Å². The van der Waals surface area contributed by atoms with Crippen molar-refractivity contribution in [3.8, 4) is 12.1 Å². The van der Waals surface area contributed by atoms with Gasteiger partial charge in [0.05, 0.1) is 17.5 Å². The molecule has 1 aromatic rings. The van der Waals surface area contributed by atoms with Gasteiger partial charge in [-0.25, -0.2) is 0 Å². The molecule has 6 heteroatoms. The Morgan fingerprint density at radius 1 is 1.37 bits per heavy atom. The van der Waals surface area contributed by atoms with Crippen molar-refractivity contribution in [3.05, 3.63) is 24.3 Å². The van der Waals surface area contributed by atoms with Crippen molar-refractivity contribution in [2.75, 3.05) is 23.4 Å². The number of nitrogens with zero attached hydrogens (tertiary/aromatic N) is 4. The second-order valence-electron chi connectivity index (χ2n) is 4.20. The molecule has 1 aromatic carbocycles. The predicted molar refractivity (Wildman–Crippen MR) is 71.6 cm³/mol. The van der Waals surface area contributed by atoms with Gasteiger partial charge in [0, 0.05) is 13.1 Å². The number of anilines is 2. The Balaban J connectivity index is 2.20. The van der Waals surface area contributed by atoms with Crippen LogP contribution in [0, 0.1) is 22.7 Å². The monoisotopic (exact) mass is 255 g/mol. The van der Waals surface area contributed by atoms with E-state index in [9.17, 15) is 5.11 Å². The summed E-state index contributed by atoms with van der Waals surface area (Å²) < 4.78 is 0. The number of aliphatic hydroxyl groups is 1. The van der Waals surface area contributed by atoms with Crippen molar-refractivity contribution in [2.24, 2.45) is 5.10 Å². The molecule has 1 unspecified atom stereocenters. The summed E-state index contributed by atoms with van der Waals surface area (Å²) in [5.41, 5.74) is 4.11. The molecule has 96 valence electrons. The lowest BCUT2D eigenvalue weighted by Gasteiger charge is -2.20. The largest absolute Gasteiger partial charge is 0.391 e. The van der Waals surface area contributed by atoms with Crippen LogP contribution in [0.4, 0.5) is 11.4 Å². The number of nitriles is 2. The molecule has 0 saturated carbocycles. The first kappa shape index (κ1) is 12.9. The number of hydrazone groups is 1. The van der Waals surface area contributed by atoms with E-state index in [0.29, 0.717) is 12.2 Å². The van der Waals surface area contributed by atoms with Crippen LogP contribution in [0.2, 0.25) is 0 Å². The molecule has 6 nitrogen and oxygen atoms in total. The molecule has 0 aliphatic carbocycles. The molecule has 2 rings (SSSR count). The number of aliphatic hydroxyl groups excluding tert-OH is 1. The van der Waals surface area contributed by atoms with E-state index < -0.39 is 0 Å². The Bertz CT molecular complexity index is 553. The van der Waals surface area contributed by atoms with Gasteiger partial charge >= 0.3 is 0 Å². The highest BCUT2D eigenvalue weighted by molar-refractivity contribution is 6.10. The maximum atomic E-state index is 9.57. The van der Waals surface area contributed by atoms with Gasteiger partial charge in [-0.15, -0.1) is 0 Å². The minimum Gasteiger partial charge on any atom is -0.391 e. The van der Waals surface area contributed by atoms with E-state index in [1.807, 2.05) is 29.2 Å². The van der Waals surface area contributed by atoms with Gasteiger partial charge in [-0.3, -0.25) is 5.43 Å². The highest BCUT2D eigenvalue weighted by atomic mass is 16.3. The second kappa shape index (κ2) is 5.85. The Morgan fingerprint density at radius 3 is 2.74 bits per heavy atom. The van der Waals surface area contributed by atoms with Crippen LogP contribution in [0.5, 0.6) is 0 Å². The lowest BCUT2D eigenvalue weighted by molar-refractivity contribution is 0.198. The number of β-amino-alcohol motifs (C(OH)–C–C–N with tert-alkyl or cyclic N) is 1. The summed E-state index contributed by atoms with van der Waals surface area (Å²) >= 11 is 0. The summed E-state index contributed by atoms with van der Waals surface area (Å²) in [5.74, 6) is 0. The summed E-state index contributed by atoms with van der Waals surface area (Å²) in [5, 5.41) is 30.6. The van der Waals surface area contributed by atoms with Gasteiger partial charge < -0.3 is 10.0 Å². The average Bonchev–Trinajstić information content (AvgIpc) is 2.87. The lowest BCUT2D eigenvalue weighted by Crippen LogP contribution is -2.22. The Kier molecular flexibility index (Phi) is 3.97. The standard InChI is InChI=1S/C13H13N5O/c14-7-10(8-15)16-17-12-3-1-2-4-13(12)18-6-5-11(19)9-18/h1-4,11,17,19H,5-6,9H2. The molecular formula is C13H13N5O. The Morgan fingerprint density at radius 2 is 2.11 bits per heavy atom. The van der Waals surface area contributed by atoms with Crippen LogP contribution < -0.4 is 10.3 Å². The van der Waals surface area contributed by atoms with E-state index in [1.165, 1.54) is 0 Å². The summed E-state index contributed by atoms with van der Waals surface area (Å²) in [4.78, 5) is 2.04. The molecule has 1 saturated heterocycles. The van der Waals surface area contributed by atoms with Gasteiger partial charge in [0.2, 0.25) is 5.71 Å². The Labute approximate surface area is 111 Å².